The Bertz CT molecular complexity index is 2610. The van der Waals surface area contributed by atoms with Gasteiger partial charge in [0, 0.05) is 41.7 Å². The van der Waals surface area contributed by atoms with Gasteiger partial charge in [-0.05, 0) is 113 Å². The Hall–Kier alpha value is -5.41. The van der Waals surface area contributed by atoms with E-state index >= 15 is 0 Å². The van der Waals surface area contributed by atoms with Gasteiger partial charge in [0.25, 0.3) is 0 Å². The number of thioether (sulfide) groups is 1. The molecule has 0 saturated heterocycles. The highest BCUT2D eigenvalue weighted by molar-refractivity contribution is 7.99. The van der Waals surface area contributed by atoms with E-state index in [1.54, 1.807) is 97.5 Å². The summed E-state index contributed by atoms with van der Waals surface area (Å²) in [4.78, 5) is 33.3. The Labute approximate surface area is 389 Å². The summed E-state index contributed by atoms with van der Waals surface area (Å²) in [5.41, 5.74) is 4.59. The number of halogens is 4. The van der Waals surface area contributed by atoms with Crippen LogP contribution in [0.15, 0.2) is 137 Å². The van der Waals surface area contributed by atoms with Gasteiger partial charge in [-0.1, -0.05) is 96.6 Å². The summed E-state index contributed by atoms with van der Waals surface area (Å²) < 4.78 is 39.5. The minimum Gasteiger partial charge on any atom is -0.481 e. The summed E-state index contributed by atoms with van der Waals surface area (Å²) in [5.74, 6) is -0.743. The Kier molecular flexibility index (Phi) is 19.5. The maximum atomic E-state index is 11.8. The highest BCUT2D eigenvalue weighted by atomic mass is 35.5. The van der Waals surface area contributed by atoms with Crippen LogP contribution in [0.2, 0.25) is 20.1 Å². The predicted octanol–water partition coefficient (Wildman–Crippen LogP) is 12.0. The largest absolute Gasteiger partial charge is 0.481 e. The zero-order chi connectivity index (χ0) is 46.1. The first kappa shape index (κ1) is 50.2. The van der Waals surface area contributed by atoms with E-state index in [0.29, 0.717) is 48.5 Å². The monoisotopic (exact) mass is 972 g/mol. The number of benzene rings is 6. The van der Waals surface area contributed by atoms with Gasteiger partial charge < -0.3 is 29.5 Å². The van der Waals surface area contributed by atoms with Crippen LogP contribution in [0.3, 0.4) is 0 Å². The SMILES string of the molecule is CCS(=O)(=O)c1ccc(-c2cc(Cl)ccc2OCC(=O)O)cc1.CCSc1ccc(-c2cc(Cl)ccc2OCC(=O)O)cc1.O=C(O)COc1ccc(Cl)cc1-c1ccc(Cl)cc1. The molecule has 0 atom stereocenters. The highest BCUT2D eigenvalue weighted by Crippen LogP contribution is 2.36. The second-order valence-electron chi connectivity index (χ2n) is 12.9. The first-order valence-electron chi connectivity index (χ1n) is 18.7. The van der Waals surface area contributed by atoms with Crippen molar-refractivity contribution in [1.82, 2.24) is 0 Å². The van der Waals surface area contributed by atoms with Crippen LogP contribution >= 0.6 is 58.2 Å². The molecule has 3 N–H and O–H groups in total. The molecule has 0 aromatic heterocycles. The van der Waals surface area contributed by atoms with Crippen LogP contribution in [0.25, 0.3) is 33.4 Å². The molecule has 330 valence electrons. The molecule has 0 aliphatic carbocycles. The lowest BCUT2D eigenvalue weighted by atomic mass is 10.0. The van der Waals surface area contributed by atoms with Crippen LogP contribution < -0.4 is 14.2 Å². The van der Waals surface area contributed by atoms with Crippen molar-refractivity contribution in [3.05, 3.63) is 147 Å². The van der Waals surface area contributed by atoms with Crippen LogP contribution in [-0.2, 0) is 24.2 Å². The lowest BCUT2D eigenvalue weighted by Gasteiger charge is -2.11. The van der Waals surface area contributed by atoms with Crippen molar-refractivity contribution in [2.24, 2.45) is 0 Å². The van der Waals surface area contributed by atoms with Crippen molar-refractivity contribution in [3.63, 3.8) is 0 Å². The number of hydrogen-bond acceptors (Lipinski definition) is 9. The summed E-state index contributed by atoms with van der Waals surface area (Å²) in [7, 11) is -3.27. The zero-order valence-electron chi connectivity index (χ0n) is 33.6. The van der Waals surface area contributed by atoms with Crippen LogP contribution in [-0.4, -0.2) is 73.0 Å². The normalized spacial score (nSPS) is 10.6. The standard InChI is InChI=1S/C16H15ClO5S.C16H15ClO3S.C14H10Cl2O3/c1-2-23(20,21)13-6-3-11(4-7-13)14-9-12(17)5-8-15(14)22-10-16(18)19;1-2-21-13-6-3-11(4-7-13)14-9-12(17)5-8-15(14)20-10-16(18)19;15-10-3-1-9(2-4-10)12-7-11(16)5-6-13(12)19-8-14(17)18/h3-9H,2,10H2,1H3,(H,18,19);3-9H,2,10H2,1H3,(H,18,19);1-7H,8H2,(H,17,18). The van der Waals surface area contributed by atoms with Gasteiger partial charge in [0.1, 0.15) is 17.2 Å². The molecule has 6 aromatic rings. The number of rotatable bonds is 16. The topological polar surface area (TPSA) is 174 Å². The van der Waals surface area contributed by atoms with Crippen molar-refractivity contribution in [2.45, 2.75) is 23.6 Å². The molecule has 6 rings (SSSR count). The van der Waals surface area contributed by atoms with Gasteiger partial charge in [-0.15, -0.1) is 11.8 Å². The highest BCUT2D eigenvalue weighted by Gasteiger charge is 2.15. The molecule has 0 bridgehead atoms. The van der Waals surface area contributed by atoms with Crippen molar-refractivity contribution >= 4 is 85.9 Å². The Morgan fingerprint density at radius 3 is 1.13 bits per heavy atom. The molecule has 6 aromatic carbocycles. The smallest absolute Gasteiger partial charge is 0.341 e. The maximum Gasteiger partial charge on any atom is 0.341 e. The molecule has 0 saturated carbocycles. The predicted molar refractivity (Wildman–Crippen MR) is 249 cm³/mol. The van der Waals surface area contributed by atoms with Crippen LogP contribution in [0.4, 0.5) is 0 Å². The molecule has 0 amide bonds. The Morgan fingerprint density at radius 2 is 0.810 bits per heavy atom. The summed E-state index contributed by atoms with van der Waals surface area (Å²) in [6.45, 7) is 2.43. The Morgan fingerprint density at radius 1 is 0.492 bits per heavy atom. The van der Waals surface area contributed by atoms with Crippen molar-refractivity contribution in [1.29, 1.82) is 0 Å². The third kappa shape index (κ3) is 16.0. The van der Waals surface area contributed by atoms with E-state index in [0.717, 1.165) is 28.0 Å². The van der Waals surface area contributed by atoms with Gasteiger partial charge in [-0.3, -0.25) is 0 Å². The number of ether oxygens (including phenoxy) is 3. The first-order valence-corrected chi connectivity index (χ1v) is 22.9. The molecule has 0 spiro atoms. The van der Waals surface area contributed by atoms with E-state index in [2.05, 4.69) is 6.92 Å². The van der Waals surface area contributed by atoms with E-state index in [1.165, 1.54) is 17.0 Å². The average molecular weight is 975 g/mol. The molecule has 0 aliphatic rings. The number of hydrogen-bond donors (Lipinski definition) is 3. The number of aliphatic carboxylic acids is 3. The number of carbonyl (C=O) groups is 3. The van der Waals surface area contributed by atoms with E-state index in [1.807, 2.05) is 36.4 Å². The van der Waals surface area contributed by atoms with Crippen molar-refractivity contribution < 1.29 is 52.3 Å². The summed E-state index contributed by atoms with van der Waals surface area (Å²) in [6.07, 6.45) is 0. The van der Waals surface area contributed by atoms with Gasteiger partial charge in [0.2, 0.25) is 0 Å². The Balaban J connectivity index is 0.000000208. The van der Waals surface area contributed by atoms with Crippen molar-refractivity contribution in [2.75, 3.05) is 31.3 Å². The van der Waals surface area contributed by atoms with E-state index < -0.39 is 41.0 Å². The lowest BCUT2D eigenvalue weighted by Crippen LogP contribution is -2.10. The fraction of sp³-hybridized carbons (Fsp3) is 0.152. The second-order valence-corrected chi connectivity index (χ2v) is 18.2. The van der Waals surface area contributed by atoms with E-state index in [9.17, 15) is 22.8 Å². The fourth-order valence-electron chi connectivity index (χ4n) is 5.51. The van der Waals surface area contributed by atoms with Gasteiger partial charge in [-0.25, -0.2) is 22.8 Å². The van der Waals surface area contributed by atoms with Gasteiger partial charge in [0.15, 0.2) is 29.7 Å². The number of carboxylic acid groups (broad SMARTS) is 3. The molecule has 0 heterocycles. The molecule has 0 radical (unpaired) electrons. The van der Waals surface area contributed by atoms with E-state index in [4.69, 9.17) is 75.9 Å². The van der Waals surface area contributed by atoms with Gasteiger partial charge >= 0.3 is 17.9 Å². The molecule has 11 nitrogen and oxygen atoms in total. The summed E-state index contributed by atoms with van der Waals surface area (Å²) >= 11 is 25.6. The quantitative estimate of drug-likeness (QED) is 0.0785. The minimum atomic E-state index is -3.27. The van der Waals surface area contributed by atoms with Crippen molar-refractivity contribution in [3.8, 4) is 50.6 Å². The van der Waals surface area contributed by atoms with Crippen LogP contribution in [0.1, 0.15) is 13.8 Å². The summed E-state index contributed by atoms with van der Waals surface area (Å²) in [6, 6.07) is 36.5. The fourth-order valence-corrected chi connectivity index (χ4v) is 7.70. The molecular weight excluding hydrogens is 934 g/mol. The van der Waals surface area contributed by atoms with Crippen LogP contribution in [0, 0.1) is 0 Å². The molecule has 0 fully saturated rings. The zero-order valence-corrected chi connectivity index (χ0v) is 38.3. The average Bonchev–Trinajstić information content (AvgIpc) is 3.26. The molecule has 17 heteroatoms. The molecular formula is C46H40Cl4O11S2. The first-order chi connectivity index (χ1) is 30.0. The number of sulfone groups is 1. The third-order valence-corrected chi connectivity index (χ3v) is 12.0. The molecule has 0 aliphatic heterocycles. The maximum absolute atomic E-state index is 11.8. The van der Waals surface area contributed by atoms with Gasteiger partial charge in [0.05, 0.1) is 10.6 Å². The minimum absolute atomic E-state index is 0.0243. The second kappa shape index (κ2) is 24.4. The number of carboxylic acids is 3. The summed E-state index contributed by atoms with van der Waals surface area (Å²) in [5, 5.41) is 28.3. The van der Waals surface area contributed by atoms with Gasteiger partial charge in [-0.2, -0.15) is 0 Å². The molecule has 0 unspecified atom stereocenters. The molecule has 63 heavy (non-hydrogen) atoms. The third-order valence-electron chi connectivity index (χ3n) is 8.41. The van der Waals surface area contributed by atoms with E-state index in [-0.39, 0.29) is 17.3 Å². The lowest BCUT2D eigenvalue weighted by molar-refractivity contribution is -0.140. The van der Waals surface area contributed by atoms with Crippen LogP contribution in [0.5, 0.6) is 17.2 Å².